The number of halogens is 2. The van der Waals surface area contributed by atoms with E-state index in [-0.39, 0.29) is 18.0 Å². The van der Waals surface area contributed by atoms with Crippen LogP contribution in [0.5, 0.6) is 0 Å². The average Bonchev–Trinajstić information content (AvgIpc) is 3.12. The fourth-order valence-electron chi connectivity index (χ4n) is 2.97. The lowest BCUT2D eigenvalue weighted by Gasteiger charge is -2.23. The summed E-state index contributed by atoms with van der Waals surface area (Å²) in [6, 6.07) is 11.2. The number of sulfonamides is 1. The molecular weight excluding hydrogens is 379 g/mol. The number of nitrogens with one attached hydrogen (secondary N) is 1. The highest BCUT2D eigenvalue weighted by Gasteiger charge is 2.39. The van der Waals surface area contributed by atoms with Crippen molar-refractivity contribution < 1.29 is 17.6 Å². The van der Waals surface area contributed by atoms with E-state index in [9.17, 15) is 17.6 Å². The molecule has 0 bridgehead atoms. The summed E-state index contributed by atoms with van der Waals surface area (Å²) in [5.74, 6) is -0.840. The standard InChI is InChI=1S/C18H18ClFN2O3S/c19-14-7-9-15(10-8-14)26(24,25)22-11-3-6-17(22)18(23)21-12-13-4-1-2-5-16(13)20/h1-2,4-5,7-10,17H,3,6,11-12H2,(H,21,23)/t17-/m1/s1. The molecule has 26 heavy (non-hydrogen) atoms. The fourth-order valence-corrected chi connectivity index (χ4v) is 4.76. The fraction of sp³-hybridized carbons (Fsp3) is 0.278. The highest BCUT2D eigenvalue weighted by atomic mass is 35.5. The molecule has 1 N–H and O–H groups in total. The van der Waals surface area contributed by atoms with Gasteiger partial charge in [0.1, 0.15) is 11.9 Å². The third-order valence-electron chi connectivity index (χ3n) is 4.34. The Morgan fingerprint density at radius 1 is 1.19 bits per heavy atom. The molecule has 1 aliphatic rings. The maximum absolute atomic E-state index is 13.7. The van der Waals surface area contributed by atoms with Gasteiger partial charge in [-0.1, -0.05) is 29.8 Å². The van der Waals surface area contributed by atoms with E-state index in [4.69, 9.17) is 11.6 Å². The van der Waals surface area contributed by atoms with Crippen molar-refractivity contribution >= 4 is 27.5 Å². The summed E-state index contributed by atoms with van der Waals surface area (Å²) in [6.45, 7) is 0.277. The molecule has 3 rings (SSSR count). The highest BCUT2D eigenvalue weighted by Crippen LogP contribution is 2.27. The Morgan fingerprint density at radius 3 is 2.58 bits per heavy atom. The Bertz CT molecular complexity index is 903. The van der Waals surface area contributed by atoms with Crippen LogP contribution in [0.1, 0.15) is 18.4 Å². The number of nitrogens with zero attached hydrogens (tertiary/aromatic N) is 1. The monoisotopic (exact) mass is 396 g/mol. The zero-order valence-corrected chi connectivity index (χ0v) is 15.4. The van der Waals surface area contributed by atoms with Gasteiger partial charge in [-0.15, -0.1) is 0 Å². The largest absolute Gasteiger partial charge is 0.351 e. The Hall–Kier alpha value is -1.96. The van der Waals surface area contributed by atoms with E-state index < -0.39 is 27.8 Å². The van der Waals surface area contributed by atoms with Gasteiger partial charge in [-0.05, 0) is 43.2 Å². The van der Waals surface area contributed by atoms with Crippen LogP contribution >= 0.6 is 11.6 Å². The van der Waals surface area contributed by atoms with Crippen LogP contribution in [0.4, 0.5) is 4.39 Å². The van der Waals surface area contributed by atoms with Crippen molar-refractivity contribution in [1.82, 2.24) is 9.62 Å². The Morgan fingerprint density at radius 2 is 1.88 bits per heavy atom. The topological polar surface area (TPSA) is 66.5 Å². The van der Waals surface area contributed by atoms with Crippen LogP contribution in [-0.4, -0.2) is 31.2 Å². The summed E-state index contributed by atoms with van der Waals surface area (Å²) >= 11 is 5.81. The molecule has 0 aromatic heterocycles. The maximum atomic E-state index is 13.7. The first-order chi connectivity index (χ1) is 12.4. The molecule has 1 aliphatic heterocycles. The predicted octanol–water partition coefficient (Wildman–Crippen LogP) is 2.95. The van der Waals surface area contributed by atoms with E-state index in [2.05, 4.69) is 5.32 Å². The first-order valence-corrected chi connectivity index (χ1v) is 10.00. The highest BCUT2D eigenvalue weighted by molar-refractivity contribution is 7.89. The molecule has 8 heteroatoms. The van der Waals surface area contributed by atoms with E-state index in [0.717, 1.165) is 0 Å². The second-order valence-corrected chi connectivity index (χ2v) is 8.36. The number of carbonyl (C=O) groups is 1. The van der Waals surface area contributed by atoms with Gasteiger partial charge in [0.05, 0.1) is 4.90 Å². The van der Waals surface area contributed by atoms with Crippen molar-refractivity contribution in [3.05, 3.63) is 64.9 Å². The second-order valence-electron chi connectivity index (χ2n) is 6.04. The Kier molecular flexibility index (Phi) is 5.60. The van der Waals surface area contributed by atoms with Crippen LogP contribution < -0.4 is 5.32 Å². The first-order valence-electron chi connectivity index (χ1n) is 8.18. The van der Waals surface area contributed by atoms with Gasteiger partial charge in [-0.25, -0.2) is 12.8 Å². The van der Waals surface area contributed by atoms with Crippen LogP contribution in [0.3, 0.4) is 0 Å². The summed E-state index contributed by atoms with van der Waals surface area (Å²) in [6.07, 6.45) is 1.01. The van der Waals surface area contributed by atoms with Crippen molar-refractivity contribution in [3.63, 3.8) is 0 Å². The molecule has 1 heterocycles. The molecular formula is C18H18ClFN2O3S. The molecule has 1 fully saturated rings. The molecule has 2 aromatic rings. The van der Waals surface area contributed by atoms with Gasteiger partial charge >= 0.3 is 0 Å². The lowest BCUT2D eigenvalue weighted by Crippen LogP contribution is -2.45. The molecule has 0 spiro atoms. The minimum absolute atomic E-state index is 0.0108. The quantitative estimate of drug-likeness (QED) is 0.845. The molecule has 2 aromatic carbocycles. The van der Waals surface area contributed by atoms with Crippen LogP contribution in [0, 0.1) is 5.82 Å². The van der Waals surface area contributed by atoms with Gasteiger partial charge in [-0.2, -0.15) is 4.31 Å². The molecule has 5 nitrogen and oxygen atoms in total. The molecule has 0 unspecified atom stereocenters. The van der Waals surface area contributed by atoms with E-state index in [1.54, 1.807) is 18.2 Å². The maximum Gasteiger partial charge on any atom is 0.243 e. The van der Waals surface area contributed by atoms with Crippen molar-refractivity contribution in [3.8, 4) is 0 Å². The van der Waals surface area contributed by atoms with E-state index in [0.29, 0.717) is 23.4 Å². The summed E-state index contributed by atoms with van der Waals surface area (Å²) in [4.78, 5) is 12.6. The van der Waals surface area contributed by atoms with E-state index in [1.165, 1.54) is 34.6 Å². The molecule has 0 saturated carbocycles. The Balaban J connectivity index is 1.74. The summed E-state index contributed by atoms with van der Waals surface area (Å²) < 4.78 is 40.5. The molecule has 0 radical (unpaired) electrons. The summed E-state index contributed by atoms with van der Waals surface area (Å²) in [5.41, 5.74) is 0.353. The van der Waals surface area contributed by atoms with Crippen molar-refractivity contribution in [2.75, 3.05) is 6.54 Å². The lowest BCUT2D eigenvalue weighted by atomic mass is 10.2. The zero-order chi connectivity index (χ0) is 18.7. The van der Waals surface area contributed by atoms with Gasteiger partial charge in [0.2, 0.25) is 15.9 Å². The number of rotatable bonds is 5. The van der Waals surface area contributed by atoms with Crippen molar-refractivity contribution in [1.29, 1.82) is 0 Å². The molecule has 0 aliphatic carbocycles. The van der Waals surface area contributed by atoms with Crippen LogP contribution in [0.2, 0.25) is 5.02 Å². The van der Waals surface area contributed by atoms with Crippen LogP contribution in [0.25, 0.3) is 0 Å². The van der Waals surface area contributed by atoms with Gasteiger partial charge in [0, 0.05) is 23.7 Å². The molecule has 138 valence electrons. The lowest BCUT2D eigenvalue weighted by molar-refractivity contribution is -0.124. The third-order valence-corrected chi connectivity index (χ3v) is 6.51. The van der Waals surface area contributed by atoms with Gasteiger partial charge < -0.3 is 5.32 Å². The SMILES string of the molecule is O=C(NCc1ccccc1F)[C@H]1CCCN1S(=O)(=O)c1ccc(Cl)cc1. The predicted molar refractivity (Wildman–Crippen MR) is 96.6 cm³/mol. The number of benzene rings is 2. The van der Waals surface area contributed by atoms with Gasteiger partial charge in [-0.3, -0.25) is 4.79 Å². The minimum atomic E-state index is -3.80. The number of hydrogen-bond acceptors (Lipinski definition) is 3. The van der Waals surface area contributed by atoms with E-state index >= 15 is 0 Å². The summed E-state index contributed by atoms with van der Waals surface area (Å²) in [5, 5.41) is 3.07. The summed E-state index contributed by atoms with van der Waals surface area (Å²) in [7, 11) is -3.80. The number of hydrogen-bond donors (Lipinski definition) is 1. The van der Waals surface area contributed by atoms with Crippen molar-refractivity contribution in [2.24, 2.45) is 0 Å². The normalized spacial score (nSPS) is 18.0. The van der Waals surface area contributed by atoms with Gasteiger partial charge in [0.25, 0.3) is 0 Å². The first kappa shape index (κ1) is 18.8. The minimum Gasteiger partial charge on any atom is -0.351 e. The smallest absolute Gasteiger partial charge is 0.243 e. The van der Waals surface area contributed by atoms with Crippen LogP contribution in [-0.2, 0) is 21.4 Å². The number of amides is 1. The number of carbonyl (C=O) groups excluding carboxylic acids is 1. The molecule has 1 saturated heterocycles. The van der Waals surface area contributed by atoms with Crippen molar-refractivity contribution in [2.45, 2.75) is 30.3 Å². The molecule has 1 amide bonds. The van der Waals surface area contributed by atoms with E-state index in [1.807, 2.05) is 0 Å². The second kappa shape index (κ2) is 7.73. The van der Waals surface area contributed by atoms with Crippen LogP contribution in [0.15, 0.2) is 53.4 Å². The average molecular weight is 397 g/mol. The van der Waals surface area contributed by atoms with Gasteiger partial charge in [0.15, 0.2) is 0 Å². The zero-order valence-electron chi connectivity index (χ0n) is 13.9. The third kappa shape index (κ3) is 3.90. The Labute approximate surface area is 156 Å². The molecule has 1 atom stereocenters.